The number of aliphatic hydroxyl groups is 2. The normalized spacial score (nSPS) is 14.3. The van der Waals surface area contributed by atoms with Gasteiger partial charge in [-0.15, -0.1) is 0 Å². The summed E-state index contributed by atoms with van der Waals surface area (Å²) < 4.78 is 33.2. The van der Waals surface area contributed by atoms with Crippen LogP contribution in [0.25, 0.3) is 0 Å². The molecular formula is C36H73O9P. The molecule has 0 heterocycles. The summed E-state index contributed by atoms with van der Waals surface area (Å²) in [5, 5.41) is 18.3. The van der Waals surface area contributed by atoms with Gasteiger partial charge in [-0.2, -0.15) is 0 Å². The van der Waals surface area contributed by atoms with Crippen LogP contribution in [0.15, 0.2) is 0 Å². The Morgan fingerprint density at radius 3 is 1.41 bits per heavy atom. The molecule has 46 heavy (non-hydrogen) atoms. The van der Waals surface area contributed by atoms with Crippen molar-refractivity contribution in [2.24, 2.45) is 0 Å². The number of aliphatic hydroxyl groups excluding tert-OH is 2. The number of phosphoric acid groups is 1. The van der Waals surface area contributed by atoms with Crippen LogP contribution in [0.1, 0.15) is 181 Å². The first-order valence-corrected chi connectivity index (χ1v) is 20.5. The van der Waals surface area contributed by atoms with Gasteiger partial charge in [0.25, 0.3) is 0 Å². The Morgan fingerprint density at radius 1 is 0.587 bits per heavy atom. The van der Waals surface area contributed by atoms with Crippen molar-refractivity contribution < 1.29 is 43.0 Å². The quantitative estimate of drug-likeness (QED) is 0.0333. The van der Waals surface area contributed by atoms with Crippen molar-refractivity contribution >= 4 is 13.8 Å². The molecule has 0 rings (SSSR count). The van der Waals surface area contributed by atoms with E-state index in [1.54, 1.807) is 0 Å². The van der Waals surface area contributed by atoms with Crippen molar-refractivity contribution in [3.8, 4) is 0 Å². The molecule has 3 atom stereocenters. The van der Waals surface area contributed by atoms with Crippen LogP contribution in [-0.2, 0) is 27.9 Å². The molecule has 0 saturated heterocycles. The molecule has 276 valence electrons. The van der Waals surface area contributed by atoms with Gasteiger partial charge in [-0.1, -0.05) is 162 Å². The molecule has 0 radical (unpaired) electrons. The van der Waals surface area contributed by atoms with Crippen molar-refractivity contribution in [3.63, 3.8) is 0 Å². The fourth-order valence-electron chi connectivity index (χ4n) is 5.36. The van der Waals surface area contributed by atoms with E-state index in [0.29, 0.717) is 6.61 Å². The summed E-state index contributed by atoms with van der Waals surface area (Å²) in [6.07, 6.45) is 29.1. The fourth-order valence-corrected chi connectivity index (χ4v) is 6.15. The smallest absolute Gasteiger partial charge is 0.457 e. The first-order valence-electron chi connectivity index (χ1n) is 19.0. The zero-order chi connectivity index (χ0) is 34.0. The van der Waals surface area contributed by atoms with E-state index in [-0.39, 0.29) is 25.6 Å². The average molecular weight is 681 g/mol. The van der Waals surface area contributed by atoms with E-state index in [9.17, 15) is 19.4 Å². The van der Waals surface area contributed by atoms with Crippen molar-refractivity contribution in [1.82, 2.24) is 0 Å². The van der Waals surface area contributed by atoms with Gasteiger partial charge in [0, 0.05) is 13.0 Å². The van der Waals surface area contributed by atoms with Crippen molar-refractivity contribution in [3.05, 3.63) is 0 Å². The number of ether oxygens (including phenoxy) is 2. The van der Waals surface area contributed by atoms with Gasteiger partial charge >= 0.3 is 13.8 Å². The monoisotopic (exact) mass is 680 g/mol. The van der Waals surface area contributed by atoms with E-state index >= 15 is 0 Å². The van der Waals surface area contributed by atoms with E-state index in [1.165, 1.54) is 128 Å². The average Bonchev–Trinajstić information content (AvgIpc) is 3.04. The number of esters is 1. The molecule has 0 aromatic rings. The second-order valence-electron chi connectivity index (χ2n) is 13.0. The van der Waals surface area contributed by atoms with E-state index < -0.39 is 33.2 Å². The van der Waals surface area contributed by atoms with Crippen molar-refractivity contribution in [2.75, 3.05) is 33.0 Å². The molecule has 0 bridgehead atoms. The van der Waals surface area contributed by atoms with Crippen molar-refractivity contribution in [2.45, 2.75) is 193 Å². The number of carbonyl (C=O) groups is 1. The molecule has 0 spiro atoms. The minimum absolute atomic E-state index is 0.0568. The second-order valence-corrected chi connectivity index (χ2v) is 14.4. The van der Waals surface area contributed by atoms with E-state index in [0.717, 1.165) is 32.1 Å². The van der Waals surface area contributed by atoms with Crippen LogP contribution in [0, 0.1) is 0 Å². The second kappa shape index (κ2) is 34.3. The van der Waals surface area contributed by atoms with Crippen LogP contribution in [0.4, 0.5) is 0 Å². The maximum Gasteiger partial charge on any atom is 0.472 e. The Kier molecular flexibility index (Phi) is 33.9. The zero-order valence-corrected chi connectivity index (χ0v) is 30.7. The molecule has 0 aliphatic heterocycles. The summed E-state index contributed by atoms with van der Waals surface area (Å²) in [6.45, 7) is 3.53. The van der Waals surface area contributed by atoms with Gasteiger partial charge in [-0.05, 0) is 12.8 Å². The lowest BCUT2D eigenvalue weighted by Gasteiger charge is -2.20. The first-order chi connectivity index (χ1) is 22.3. The lowest BCUT2D eigenvalue weighted by Crippen LogP contribution is -2.29. The molecule has 0 aliphatic rings. The van der Waals surface area contributed by atoms with Gasteiger partial charge in [-0.25, -0.2) is 4.57 Å². The molecule has 0 fully saturated rings. The molecule has 3 unspecified atom stereocenters. The molecular weight excluding hydrogens is 607 g/mol. The Morgan fingerprint density at radius 2 is 0.978 bits per heavy atom. The highest BCUT2D eigenvalue weighted by molar-refractivity contribution is 7.47. The third-order valence-electron chi connectivity index (χ3n) is 8.29. The number of hydrogen-bond donors (Lipinski definition) is 3. The standard InChI is InChI=1S/C36H73O9P/c1-3-5-7-9-11-13-15-16-17-18-19-20-22-24-26-28-36(39)45-35(33-44-46(40,41)43-31-34(38)30-37)32-42-29-27-25-23-21-14-12-10-8-6-4-2/h34-35,37-38H,3-33H2,1-2H3,(H,40,41). The van der Waals surface area contributed by atoms with Crippen molar-refractivity contribution in [1.29, 1.82) is 0 Å². The highest BCUT2D eigenvalue weighted by Crippen LogP contribution is 2.43. The third kappa shape index (κ3) is 33.4. The number of phosphoric ester groups is 1. The van der Waals surface area contributed by atoms with E-state index in [2.05, 4.69) is 13.8 Å². The van der Waals surface area contributed by atoms with Gasteiger partial charge in [-0.3, -0.25) is 13.8 Å². The van der Waals surface area contributed by atoms with Crippen LogP contribution in [0.2, 0.25) is 0 Å². The van der Waals surface area contributed by atoms with Crippen LogP contribution in [0.3, 0.4) is 0 Å². The third-order valence-corrected chi connectivity index (χ3v) is 9.24. The highest BCUT2D eigenvalue weighted by atomic mass is 31.2. The van der Waals surface area contributed by atoms with Crippen LogP contribution < -0.4 is 0 Å². The maximum absolute atomic E-state index is 12.5. The van der Waals surface area contributed by atoms with Gasteiger partial charge in [0.05, 0.1) is 26.4 Å². The summed E-state index contributed by atoms with van der Waals surface area (Å²) >= 11 is 0. The fraction of sp³-hybridized carbons (Fsp3) is 0.972. The highest BCUT2D eigenvalue weighted by Gasteiger charge is 2.26. The van der Waals surface area contributed by atoms with E-state index in [1.807, 2.05) is 0 Å². The minimum Gasteiger partial charge on any atom is -0.457 e. The molecule has 9 nitrogen and oxygen atoms in total. The Labute approximate surface area is 282 Å². The molecule has 0 aromatic carbocycles. The molecule has 10 heteroatoms. The van der Waals surface area contributed by atoms with E-state index in [4.69, 9.17) is 23.6 Å². The maximum atomic E-state index is 12.5. The zero-order valence-electron chi connectivity index (χ0n) is 29.8. The summed E-state index contributed by atoms with van der Waals surface area (Å²) in [7, 11) is -4.50. The molecule has 0 aromatic heterocycles. The summed E-state index contributed by atoms with van der Waals surface area (Å²) in [5.74, 6) is -0.379. The van der Waals surface area contributed by atoms with Gasteiger partial charge < -0.3 is 24.6 Å². The molecule has 3 N–H and O–H groups in total. The van der Waals surface area contributed by atoms with Gasteiger partial charge in [0.15, 0.2) is 0 Å². The number of rotatable bonds is 37. The van der Waals surface area contributed by atoms with Crippen LogP contribution in [-0.4, -0.2) is 66.3 Å². The molecule has 0 saturated carbocycles. The van der Waals surface area contributed by atoms with Crippen LogP contribution >= 0.6 is 7.82 Å². The predicted molar refractivity (Wildman–Crippen MR) is 187 cm³/mol. The number of carbonyl (C=O) groups excluding carboxylic acids is 1. The SMILES string of the molecule is CCCCCCCCCCCCCCCCCC(=O)OC(COCCCCCCCCCCCC)COP(=O)(O)OCC(O)CO. The summed E-state index contributed by atoms with van der Waals surface area (Å²) in [4.78, 5) is 22.4. The molecule has 0 amide bonds. The Balaban J connectivity index is 4.18. The Hall–Kier alpha value is -0.540. The number of hydrogen-bond acceptors (Lipinski definition) is 8. The largest absolute Gasteiger partial charge is 0.472 e. The van der Waals surface area contributed by atoms with Gasteiger partial charge in [0.2, 0.25) is 0 Å². The predicted octanol–water partition coefficient (Wildman–Crippen LogP) is 9.58. The molecule has 0 aliphatic carbocycles. The lowest BCUT2D eigenvalue weighted by atomic mass is 10.0. The van der Waals surface area contributed by atoms with Gasteiger partial charge in [0.1, 0.15) is 12.2 Å². The summed E-state index contributed by atoms with van der Waals surface area (Å²) in [6, 6.07) is 0. The first kappa shape index (κ1) is 45.5. The minimum atomic E-state index is -4.50. The lowest BCUT2D eigenvalue weighted by molar-refractivity contribution is -0.154. The Bertz CT molecular complexity index is 694. The van der Waals surface area contributed by atoms with Crippen LogP contribution in [0.5, 0.6) is 0 Å². The summed E-state index contributed by atoms with van der Waals surface area (Å²) in [5.41, 5.74) is 0. The topological polar surface area (TPSA) is 132 Å². The number of unbranched alkanes of at least 4 members (excludes halogenated alkanes) is 23.